The van der Waals surface area contributed by atoms with Gasteiger partial charge < -0.3 is 10.1 Å². The van der Waals surface area contributed by atoms with Gasteiger partial charge in [0.1, 0.15) is 17.5 Å². The number of nitrogens with one attached hydrogen (secondary N) is 1. The second-order valence-electron chi connectivity index (χ2n) is 7.17. The van der Waals surface area contributed by atoms with Gasteiger partial charge in [-0.25, -0.2) is 13.4 Å². The molecule has 1 aromatic heterocycles. The molecule has 0 radical (unpaired) electrons. The Morgan fingerprint density at radius 1 is 1.31 bits per heavy atom. The normalized spacial score (nSPS) is 19.6. The molecular formula is C18H25N3O4S. The Morgan fingerprint density at radius 2 is 2.00 bits per heavy atom. The number of carbonyl (C=O) groups excluding carboxylic acids is 1. The fourth-order valence-corrected chi connectivity index (χ4v) is 3.44. The van der Waals surface area contributed by atoms with Crippen molar-refractivity contribution in [1.29, 1.82) is 0 Å². The maximum atomic E-state index is 12.6. The first kappa shape index (κ1) is 18.8. The van der Waals surface area contributed by atoms with E-state index in [9.17, 15) is 13.2 Å². The largest absolute Gasteiger partial charge is 0.474 e. The quantitative estimate of drug-likeness (QED) is 0.781. The van der Waals surface area contributed by atoms with Crippen molar-refractivity contribution >= 4 is 15.7 Å². The van der Waals surface area contributed by atoms with Gasteiger partial charge in [-0.3, -0.25) is 4.79 Å². The number of amides is 1. The van der Waals surface area contributed by atoms with Gasteiger partial charge in [-0.1, -0.05) is 6.08 Å². The second-order valence-corrected chi connectivity index (χ2v) is 9.10. The lowest BCUT2D eigenvalue weighted by atomic mass is 10.2. The summed E-state index contributed by atoms with van der Waals surface area (Å²) >= 11 is 0. The fourth-order valence-electron chi connectivity index (χ4n) is 2.92. The second kappa shape index (κ2) is 7.73. The van der Waals surface area contributed by atoms with Gasteiger partial charge in [-0.2, -0.15) is 4.98 Å². The molecule has 0 spiro atoms. The van der Waals surface area contributed by atoms with Crippen LogP contribution < -0.4 is 10.1 Å². The van der Waals surface area contributed by atoms with Crippen LogP contribution in [0.1, 0.15) is 67.5 Å². The molecule has 0 aliphatic heterocycles. The zero-order valence-corrected chi connectivity index (χ0v) is 16.0. The van der Waals surface area contributed by atoms with E-state index in [-0.39, 0.29) is 12.0 Å². The lowest BCUT2D eigenvalue weighted by molar-refractivity contribution is 0.0937. The Labute approximate surface area is 154 Å². The Bertz CT molecular complexity index is 797. The summed E-state index contributed by atoms with van der Waals surface area (Å²) in [6.45, 7) is 1.70. The van der Waals surface area contributed by atoms with Crippen LogP contribution in [0.15, 0.2) is 17.7 Å². The summed E-state index contributed by atoms with van der Waals surface area (Å²) in [5.74, 6) is 1.07. The minimum atomic E-state index is -3.23. The molecule has 2 aliphatic rings. The zero-order chi connectivity index (χ0) is 18.7. The predicted octanol–water partition coefficient (Wildman–Crippen LogP) is 2.35. The molecule has 1 N–H and O–H groups in total. The van der Waals surface area contributed by atoms with Crippen molar-refractivity contribution in [2.45, 2.75) is 63.5 Å². The summed E-state index contributed by atoms with van der Waals surface area (Å²) < 4.78 is 28.4. The van der Waals surface area contributed by atoms with Crippen molar-refractivity contribution < 1.29 is 17.9 Å². The van der Waals surface area contributed by atoms with Gasteiger partial charge in [0.05, 0.1) is 0 Å². The summed E-state index contributed by atoms with van der Waals surface area (Å²) in [5, 5.41) is 3.83. The van der Waals surface area contributed by atoms with Crippen molar-refractivity contribution in [2.75, 3.05) is 6.26 Å². The van der Waals surface area contributed by atoms with Crippen molar-refractivity contribution in [1.82, 2.24) is 15.3 Å². The molecule has 2 fully saturated rings. The van der Waals surface area contributed by atoms with Crippen LogP contribution in [0.3, 0.4) is 0 Å². The Morgan fingerprint density at radius 3 is 2.62 bits per heavy atom. The Hall–Kier alpha value is -1.96. The highest BCUT2D eigenvalue weighted by atomic mass is 32.2. The van der Waals surface area contributed by atoms with Crippen LogP contribution in [0.4, 0.5) is 0 Å². The highest BCUT2D eigenvalue weighted by molar-refractivity contribution is 7.93. The number of sulfone groups is 1. The molecule has 7 nitrogen and oxygen atoms in total. The van der Waals surface area contributed by atoms with Crippen molar-refractivity contribution in [2.24, 2.45) is 0 Å². The van der Waals surface area contributed by atoms with Gasteiger partial charge in [-0.15, -0.1) is 0 Å². The van der Waals surface area contributed by atoms with Gasteiger partial charge >= 0.3 is 0 Å². The summed E-state index contributed by atoms with van der Waals surface area (Å²) in [5.41, 5.74) is 0.293. The van der Waals surface area contributed by atoms with E-state index in [2.05, 4.69) is 15.3 Å². The van der Waals surface area contributed by atoms with Crippen LogP contribution in [0, 0.1) is 0 Å². The predicted molar refractivity (Wildman–Crippen MR) is 97.8 cm³/mol. The number of hydrogen-bond acceptors (Lipinski definition) is 6. The van der Waals surface area contributed by atoms with Gasteiger partial charge in [-0.05, 0) is 45.4 Å². The molecule has 1 amide bonds. The molecule has 1 atom stereocenters. The molecule has 26 heavy (non-hydrogen) atoms. The molecule has 2 aliphatic carbocycles. The highest BCUT2D eigenvalue weighted by Crippen LogP contribution is 2.39. The number of nitrogens with zero attached hydrogens (tertiary/aromatic N) is 2. The summed E-state index contributed by atoms with van der Waals surface area (Å²) in [7, 11) is -3.23. The average Bonchev–Trinajstić information content (AvgIpc) is 3.30. The molecule has 0 aromatic carbocycles. The molecule has 1 aromatic rings. The van der Waals surface area contributed by atoms with Crippen molar-refractivity contribution in [3.63, 3.8) is 0 Å². The first-order chi connectivity index (χ1) is 12.3. The molecule has 0 saturated heterocycles. The highest BCUT2D eigenvalue weighted by Gasteiger charge is 2.29. The van der Waals surface area contributed by atoms with Crippen LogP contribution in [0.25, 0.3) is 0 Å². The number of hydrogen-bond donors (Lipinski definition) is 1. The maximum Gasteiger partial charge on any atom is 0.258 e. The van der Waals surface area contributed by atoms with E-state index < -0.39 is 15.9 Å². The minimum Gasteiger partial charge on any atom is -0.474 e. The average molecular weight is 379 g/mol. The van der Waals surface area contributed by atoms with Gasteiger partial charge in [0.2, 0.25) is 5.88 Å². The van der Waals surface area contributed by atoms with Crippen LogP contribution >= 0.6 is 0 Å². The van der Waals surface area contributed by atoms with Crippen molar-refractivity contribution in [3.05, 3.63) is 29.1 Å². The fraction of sp³-hybridized carbons (Fsp3) is 0.611. The maximum absolute atomic E-state index is 12.6. The van der Waals surface area contributed by atoms with Crippen LogP contribution in [-0.4, -0.2) is 42.7 Å². The first-order valence-corrected chi connectivity index (χ1v) is 11.0. The molecule has 2 saturated carbocycles. The third-order valence-electron chi connectivity index (χ3n) is 4.51. The summed E-state index contributed by atoms with van der Waals surface area (Å²) in [6.07, 6.45) is 10.5. The van der Waals surface area contributed by atoms with E-state index >= 15 is 0 Å². The Balaban J connectivity index is 1.76. The van der Waals surface area contributed by atoms with E-state index in [4.69, 9.17) is 4.74 Å². The third kappa shape index (κ3) is 5.27. The van der Waals surface area contributed by atoms with E-state index in [0.717, 1.165) is 56.0 Å². The monoisotopic (exact) mass is 379 g/mol. The standard InChI is InChI=1S/C18H25N3O4S/c1-12(9-10-26(2,23)24)20-17(22)15-11-19-16(13-7-8-13)21-18(15)25-14-5-3-4-6-14/h9-14H,3-8H2,1-2H3,(H,20,22)/b10-9+/t12-/m0/s1. The number of ether oxygens (including phenoxy) is 1. The van der Waals surface area contributed by atoms with Gasteiger partial charge in [0.25, 0.3) is 5.91 Å². The van der Waals surface area contributed by atoms with Gasteiger partial charge in [0, 0.05) is 29.8 Å². The van der Waals surface area contributed by atoms with Gasteiger partial charge in [0.15, 0.2) is 9.84 Å². The van der Waals surface area contributed by atoms with E-state index in [1.54, 1.807) is 6.92 Å². The first-order valence-electron chi connectivity index (χ1n) is 9.04. The van der Waals surface area contributed by atoms with Crippen molar-refractivity contribution in [3.8, 4) is 5.88 Å². The lowest BCUT2D eigenvalue weighted by Crippen LogP contribution is -2.32. The topological polar surface area (TPSA) is 98.2 Å². The summed E-state index contributed by atoms with van der Waals surface area (Å²) in [4.78, 5) is 21.4. The molecule has 3 rings (SSSR count). The molecular weight excluding hydrogens is 354 g/mol. The molecule has 142 valence electrons. The lowest BCUT2D eigenvalue weighted by Gasteiger charge is -2.17. The molecule has 1 heterocycles. The summed E-state index contributed by atoms with van der Waals surface area (Å²) in [6, 6.07) is -0.445. The molecule has 0 bridgehead atoms. The smallest absolute Gasteiger partial charge is 0.258 e. The van der Waals surface area contributed by atoms with Crippen LogP contribution in [-0.2, 0) is 9.84 Å². The Kier molecular flexibility index (Phi) is 5.60. The van der Waals surface area contributed by atoms with E-state index in [0.29, 0.717) is 17.4 Å². The van der Waals surface area contributed by atoms with Crippen LogP contribution in [0.5, 0.6) is 5.88 Å². The minimum absolute atomic E-state index is 0.0889. The number of carbonyl (C=O) groups is 1. The zero-order valence-electron chi connectivity index (χ0n) is 15.1. The van der Waals surface area contributed by atoms with Crippen LogP contribution in [0.2, 0.25) is 0 Å². The molecule has 8 heteroatoms. The molecule has 0 unspecified atom stereocenters. The van der Waals surface area contributed by atoms with E-state index in [1.807, 2.05) is 0 Å². The number of rotatable bonds is 7. The van der Waals surface area contributed by atoms with E-state index in [1.165, 1.54) is 12.3 Å². The third-order valence-corrected chi connectivity index (χ3v) is 5.16. The SMILES string of the molecule is C[C@@H](/C=C/S(C)(=O)=O)NC(=O)c1cnc(C2CC2)nc1OC1CCCC1. The number of aromatic nitrogens is 2.